The zero-order valence-corrected chi connectivity index (χ0v) is 15.4. The van der Waals surface area contributed by atoms with Crippen molar-refractivity contribution in [3.8, 4) is 5.75 Å². The topological polar surface area (TPSA) is 67.4 Å². The molecule has 2 heterocycles. The van der Waals surface area contributed by atoms with Crippen molar-refractivity contribution >= 4 is 11.9 Å². The number of rotatable bonds is 6. The number of nitrogens with one attached hydrogen (secondary N) is 1. The van der Waals surface area contributed by atoms with Crippen LogP contribution in [0.2, 0.25) is 0 Å². The number of methoxy groups -OCH3 is 1. The predicted molar refractivity (Wildman–Crippen MR) is 101 cm³/mol. The number of hydrogen-bond acceptors (Lipinski definition) is 5. The average Bonchev–Trinajstić information content (AvgIpc) is 2.72. The van der Waals surface area contributed by atoms with E-state index in [2.05, 4.69) is 27.1 Å². The summed E-state index contributed by atoms with van der Waals surface area (Å²) in [5.41, 5.74) is 1.42. The van der Waals surface area contributed by atoms with Crippen molar-refractivity contribution in [2.24, 2.45) is 0 Å². The molecule has 1 aliphatic rings. The van der Waals surface area contributed by atoms with Crippen LogP contribution in [-0.4, -0.2) is 35.6 Å². The minimum Gasteiger partial charge on any atom is -0.497 e. The highest BCUT2D eigenvalue weighted by Gasteiger charge is 2.23. The maximum Gasteiger partial charge on any atom is 0.270 e. The van der Waals surface area contributed by atoms with Gasteiger partial charge in [0, 0.05) is 25.3 Å². The quantitative estimate of drug-likeness (QED) is 0.863. The molecule has 1 N–H and O–H groups in total. The maximum absolute atomic E-state index is 12.5. The molecular formula is C20H26N4O2. The SMILES string of the molecule is CCC1CCCCN1c1nccc(C(=O)NCc2ccc(OC)cc2)n1. The Bertz CT molecular complexity index is 733. The number of aromatic nitrogens is 2. The lowest BCUT2D eigenvalue weighted by Gasteiger charge is -2.35. The Morgan fingerprint density at radius 3 is 2.81 bits per heavy atom. The van der Waals surface area contributed by atoms with E-state index < -0.39 is 0 Å². The Morgan fingerprint density at radius 1 is 1.27 bits per heavy atom. The van der Waals surface area contributed by atoms with Crippen LogP contribution >= 0.6 is 0 Å². The fraction of sp³-hybridized carbons (Fsp3) is 0.450. The minimum absolute atomic E-state index is 0.186. The largest absolute Gasteiger partial charge is 0.497 e. The molecule has 2 aromatic rings. The fourth-order valence-corrected chi connectivity index (χ4v) is 3.32. The van der Waals surface area contributed by atoms with Crippen LogP contribution in [0, 0.1) is 0 Å². The molecule has 1 aromatic heterocycles. The molecule has 3 rings (SSSR count). The number of carbonyl (C=O) groups excluding carboxylic acids is 1. The smallest absolute Gasteiger partial charge is 0.270 e. The third kappa shape index (κ3) is 4.31. The zero-order chi connectivity index (χ0) is 18.4. The van der Waals surface area contributed by atoms with Crippen LogP contribution in [0.25, 0.3) is 0 Å². The molecule has 1 fully saturated rings. The first-order valence-corrected chi connectivity index (χ1v) is 9.22. The molecule has 0 radical (unpaired) electrons. The Hall–Kier alpha value is -2.63. The maximum atomic E-state index is 12.5. The summed E-state index contributed by atoms with van der Waals surface area (Å²) in [7, 11) is 1.63. The molecule has 0 saturated carbocycles. The predicted octanol–water partition coefficient (Wildman–Crippen LogP) is 3.18. The van der Waals surface area contributed by atoms with Gasteiger partial charge in [-0.1, -0.05) is 19.1 Å². The monoisotopic (exact) mass is 354 g/mol. The molecule has 26 heavy (non-hydrogen) atoms. The number of carbonyl (C=O) groups is 1. The van der Waals surface area contributed by atoms with Gasteiger partial charge in [0.1, 0.15) is 11.4 Å². The van der Waals surface area contributed by atoms with E-state index >= 15 is 0 Å². The zero-order valence-electron chi connectivity index (χ0n) is 15.4. The summed E-state index contributed by atoms with van der Waals surface area (Å²) in [6.45, 7) is 3.59. The van der Waals surface area contributed by atoms with Gasteiger partial charge in [0.05, 0.1) is 7.11 Å². The van der Waals surface area contributed by atoms with Gasteiger partial charge in [0.2, 0.25) is 5.95 Å². The summed E-state index contributed by atoms with van der Waals surface area (Å²) in [5.74, 6) is 1.27. The van der Waals surface area contributed by atoms with Crippen LogP contribution in [0.1, 0.15) is 48.7 Å². The molecule has 1 amide bonds. The molecule has 0 bridgehead atoms. The normalized spacial score (nSPS) is 17.0. The van der Waals surface area contributed by atoms with Crippen molar-refractivity contribution in [2.75, 3.05) is 18.6 Å². The summed E-state index contributed by atoms with van der Waals surface area (Å²) in [6, 6.07) is 9.75. The van der Waals surface area contributed by atoms with Gasteiger partial charge in [-0.15, -0.1) is 0 Å². The summed E-state index contributed by atoms with van der Waals surface area (Å²) in [6.07, 6.45) is 6.29. The van der Waals surface area contributed by atoms with Gasteiger partial charge in [0.25, 0.3) is 5.91 Å². The molecule has 1 aliphatic heterocycles. The summed E-state index contributed by atoms with van der Waals surface area (Å²) < 4.78 is 5.14. The lowest BCUT2D eigenvalue weighted by molar-refractivity contribution is 0.0945. The molecule has 138 valence electrons. The van der Waals surface area contributed by atoms with Gasteiger partial charge in [-0.3, -0.25) is 4.79 Å². The number of nitrogens with zero attached hydrogens (tertiary/aromatic N) is 3. The Labute approximate surface area is 154 Å². The van der Waals surface area contributed by atoms with Crippen LogP contribution in [-0.2, 0) is 6.54 Å². The van der Waals surface area contributed by atoms with Crippen LogP contribution in [0.4, 0.5) is 5.95 Å². The number of benzene rings is 1. The van der Waals surface area contributed by atoms with Crippen molar-refractivity contribution in [1.29, 1.82) is 0 Å². The minimum atomic E-state index is -0.186. The van der Waals surface area contributed by atoms with Crippen molar-refractivity contribution < 1.29 is 9.53 Å². The first-order valence-electron chi connectivity index (χ1n) is 9.22. The van der Waals surface area contributed by atoms with Crippen molar-refractivity contribution in [3.05, 3.63) is 47.8 Å². The first-order chi connectivity index (χ1) is 12.7. The van der Waals surface area contributed by atoms with Crippen LogP contribution in [0.15, 0.2) is 36.5 Å². The Morgan fingerprint density at radius 2 is 2.08 bits per heavy atom. The standard InChI is InChI=1S/C20H26N4O2/c1-3-16-6-4-5-13-24(16)20-21-12-11-18(23-20)19(25)22-14-15-7-9-17(26-2)10-8-15/h7-12,16H,3-6,13-14H2,1-2H3,(H,22,25). The fourth-order valence-electron chi connectivity index (χ4n) is 3.32. The summed E-state index contributed by atoms with van der Waals surface area (Å²) in [5, 5.41) is 2.92. The van der Waals surface area contributed by atoms with E-state index in [0.717, 1.165) is 37.1 Å². The molecule has 1 unspecified atom stereocenters. The van der Waals surface area contributed by atoms with Crippen molar-refractivity contribution in [3.63, 3.8) is 0 Å². The second kappa shape index (κ2) is 8.65. The molecular weight excluding hydrogens is 328 g/mol. The molecule has 0 spiro atoms. The highest BCUT2D eigenvalue weighted by Crippen LogP contribution is 2.23. The number of piperidine rings is 1. The van der Waals surface area contributed by atoms with Gasteiger partial charge in [-0.25, -0.2) is 9.97 Å². The van der Waals surface area contributed by atoms with E-state index in [1.165, 1.54) is 6.42 Å². The summed E-state index contributed by atoms with van der Waals surface area (Å²) >= 11 is 0. The van der Waals surface area contributed by atoms with E-state index in [9.17, 15) is 4.79 Å². The highest BCUT2D eigenvalue weighted by atomic mass is 16.5. The molecule has 1 aromatic carbocycles. The first kappa shape index (κ1) is 18.2. The van der Waals surface area contributed by atoms with E-state index in [1.807, 2.05) is 24.3 Å². The van der Waals surface area contributed by atoms with Gasteiger partial charge < -0.3 is 15.0 Å². The molecule has 1 atom stereocenters. The van der Waals surface area contributed by atoms with Crippen molar-refractivity contribution in [2.45, 2.75) is 45.2 Å². The third-order valence-electron chi connectivity index (χ3n) is 4.84. The molecule has 6 heteroatoms. The second-order valence-corrected chi connectivity index (χ2v) is 6.52. The van der Waals surface area contributed by atoms with Crippen LogP contribution in [0.3, 0.4) is 0 Å². The Balaban J connectivity index is 1.65. The molecule has 1 saturated heterocycles. The molecule has 0 aliphatic carbocycles. The van der Waals surface area contributed by atoms with Gasteiger partial charge in [-0.05, 0) is 49.4 Å². The number of anilines is 1. The number of ether oxygens (including phenoxy) is 1. The number of hydrogen-bond donors (Lipinski definition) is 1. The number of amides is 1. The lowest BCUT2D eigenvalue weighted by Crippen LogP contribution is -2.40. The molecule has 6 nitrogen and oxygen atoms in total. The van der Waals surface area contributed by atoms with Crippen molar-refractivity contribution in [1.82, 2.24) is 15.3 Å². The summed E-state index contributed by atoms with van der Waals surface area (Å²) in [4.78, 5) is 23.6. The van der Waals surface area contributed by atoms with Crippen LogP contribution in [0.5, 0.6) is 5.75 Å². The van der Waals surface area contributed by atoms with Crippen LogP contribution < -0.4 is 15.0 Å². The lowest BCUT2D eigenvalue weighted by atomic mass is 10.0. The van der Waals surface area contributed by atoms with E-state index in [1.54, 1.807) is 19.4 Å². The third-order valence-corrected chi connectivity index (χ3v) is 4.84. The van der Waals surface area contributed by atoms with Gasteiger partial charge in [-0.2, -0.15) is 0 Å². The second-order valence-electron chi connectivity index (χ2n) is 6.52. The van der Waals surface area contributed by atoms with E-state index in [-0.39, 0.29) is 5.91 Å². The Kier molecular flexibility index (Phi) is 6.04. The van der Waals surface area contributed by atoms with Gasteiger partial charge in [0.15, 0.2) is 0 Å². The van der Waals surface area contributed by atoms with Gasteiger partial charge >= 0.3 is 0 Å². The van der Waals surface area contributed by atoms with E-state index in [0.29, 0.717) is 24.2 Å². The van der Waals surface area contributed by atoms with E-state index in [4.69, 9.17) is 4.74 Å². The average molecular weight is 354 g/mol. The highest BCUT2D eigenvalue weighted by molar-refractivity contribution is 5.92.